The molecule has 3 nitrogen and oxygen atoms in total. The lowest BCUT2D eigenvalue weighted by Crippen LogP contribution is -2.37. The third kappa shape index (κ3) is 8.80. The van der Waals surface area contributed by atoms with E-state index in [2.05, 4.69) is 0 Å². The minimum atomic E-state index is -4.61. The lowest BCUT2D eigenvalue weighted by molar-refractivity contribution is -0.140. The zero-order valence-electron chi connectivity index (χ0n) is 19.1. The Balaban J connectivity index is 2.27. The lowest BCUT2D eigenvalue weighted by Gasteiger charge is -2.22. The SMILES string of the molecule is C[C@@H](CC(=O)c1ccc(/C(F)=C/C(c2cc(Cl)c(Cl)c(Cl)c2)C(C)(F)F)cc1Cl)C(=O)NCC(F)(F)F. The van der Waals surface area contributed by atoms with E-state index in [1.807, 2.05) is 0 Å². The smallest absolute Gasteiger partial charge is 0.347 e. The molecule has 1 unspecified atom stereocenters. The summed E-state index contributed by atoms with van der Waals surface area (Å²) in [5.74, 6) is -9.10. The first-order chi connectivity index (χ1) is 16.9. The summed E-state index contributed by atoms with van der Waals surface area (Å²) in [7, 11) is 0. The summed E-state index contributed by atoms with van der Waals surface area (Å²) in [5, 5.41) is 1.19. The molecule has 1 N–H and O–H groups in total. The predicted molar refractivity (Wildman–Crippen MR) is 133 cm³/mol. The summed E-state index contributed by atoms with van der Waals surface area (Å²) in [6.07, 6.45) is -4.43. The van der Waals surface area contributed by atoms with E-state index < -0.39 is 54.4 Å². The first-order valence-corrected chi connectivity index (χ1v) is 12.0. The van der Waals surface area contributed by atoms with Gasteiger partial charge in [-0.05, 0) is 35.9 Å². The third-order valence-corrected chi connectivity index (χ3v) is 6.68. The Hall–Kier alpha value is -1.94. The number of halogens is 10. The van der Waals surface area contributed by atoms with Crippen LogP contribution in [-0.2, 0) is 4.79 Å². The molecule has 2 aromatic rings. The van der Waals surface area contributed by atoms with E-state index in [-0.39, 0.29) is 36.8 Å². The van der Waals surface area contributed by atoms with Crippen molar-refractivity contribution in [2.75, 3.05) is 6.54 Å². The van der Waals surface area contributed by atoms with Crippen LogP contribution in [0, 0.1) is 5.92 Å². The molecule has 0 heterocycles. The number of rotatable bonds is 9. The van der Waals surface area contributed by atoms with Crippen molar-refractivity contribution in [3.05, 3.63) is 73.2 Å². The van der Waals surface area contributed by atoms with E-state index >= 15 is 4.39 Å². The van der Waals surface area contributed by atoms with Gasteiger partial charge >= 0.3 is 6.18 Å². The number of alkyl halides is 5. The number of hydrogen-bond donors (Lipinski definition) is 1. The van der Waals surface area contributed by atoms with Crippen LogP contribution in [0.2, 0.25) is 20.1 Å². The standard InChI is InChI=1S/C24H19Cl4F6NO2/c1-11(22(37)35-10-24(32,33)34)5-20(36)14-4-3-12(6-16(14)25)19(29)9-15(23(2,30)31)13-7-17(26)21(28)18(27)8-13/h3-4,6-9,11,15H,5,10H2,1-2H3,(H,35,37)/b19-9-/t11-,15?/m0/s1. The Kier molecular flexibility index (Phi) is 10.4. The topological polar surface area (TPSA) is 46.2 Å². The van der Waals surface area contributed by atoms with Gasteiger partial charge in [0.1, 0.15) is 12.4 Å². The number of carbonyl (C=O) groups is 2. The fraction of sp³-hybridized carbons (Fsp3) is 0.333. The van der Waals surface area contributed by atoms with E-state index in [9.17, 15) is 31.5 Å². The molecule has 13 heteroatoms. The second-order valence-corrected chi connectivity index (χ2v) is 9.90. The average Bonchev–Trinajstić information content (AvgIpc) is 2.77. The molecule has 1 amide bonds. The van der Waals surface area contributed by atoms with E-state index in [0.29, 0.717) is 13.0 Å². The molecule has 2 aromatic carbocycles. The van der Waals surface area contributed by atoms with Gasteiger partial charge in [0.25, 0.3) is 5.92 Å². The molecule has 0 aliphatic heterocycles. The number of Topliss-reactive ketones (excluding diaryl/α,β-unsaturated/α-hetero) is 1. The summed E-state index contributed by atoms with van der Waals surface area (Å²) in [5.41, 5.74) is -0.446. The molecule has 0 saturated carbocycles. The monoisotopic (exact) mass is 607 g/mol. The van der Waals surface area contributed by atoms with Crippen molar-refractivity contribution in [1.29, 1.82) is 0 Å². The van der Waals surface area contributed by atoms with Crippen LogP contribution in [0.25, 0.3) is 5.83 Å². The van der Waals surface area contributed by atoms with Gasteiger partial charge in [0.2, 0.25) is 5.91 Å². The van der Waals surface area contributed by atoms with Crippen LogP contribution >= 0.6 is 46.4 Å². The molecule has 0 fully saturated rings. The minimum absolute atomic E-state index is 0.0473. The molecule has 2 atom stereocenters. The van der Waals surface area contributed by atoms with E-state index in [1.54, 1.807) is 5.32 Å². The summed E-state index contributed by atoms with van der Waals surface area (Å²) in [4.78, 5) is 24.3. The zero-order chi connectivity index (χ0) is 28.3. The van der Waals surface area contributed by atoms with Crippen molar-refractivity contribution in [2.45, 2.75) is 38.3 Å². The second-order valence-electron chi connectivity index (χ2n) is 8.30. The van der Waals surface area contributed by atoms with Gasteiger partial charge in [-0.15, -0.1) is 0 Å². The molecule has 0 radical (unpaired) electrons. The van der Waals surface area contributed by atoms with Gasteiger partial charge in [-0.1, -0.05) is 59.4 Å². The highest BCUT2D eigenvalue weighted by atomic mass is 35.5. The fourth-order valence-corrected chi connectivity index (χ4v) is 4.16. The van der Waals surface area contributed by atoms with Crippen LogP contribution in [0.3, 0.4) is 0 Å². The van der Waals surface area contributed by atoms with Crippen molar-refractivity contribution < 1.29 is 35.9 Å². The second kappa shape index (κ2) is 12.3. The molecular formula is C24H19Cl4F6NO2. The molecule has 0 saturated heterocycles. The van der Waals surface area contributed by atoms with Crippen LogP contribution in [-0.4, -0.2) is 30.3 Å². The van der Waals surface area contributed by atoms with Gasteiger partial charge in [0, 0.05) is 30.4 Å². The first kappa shape index (κ1) is 31.3. The third-order valence-electron chi connectivity index (χ3n) is 5.17. The number of allylic oxidation sites excluding steroid dienone is 1. The highest BCUT2D eigenvalue weighted by Gasteiger charge is 2.35. The largest absolute Gasteiger partial charge is 0.405 e. The summed E-state index contributed by atoms with van der Waals surface area (Å²) in [6, 6.07) is 5.56. The van der Waals surface area contributed by atoms with Crippen LogP contribution in [0.1, 0.15) is 47.7 Å². The average molecular weight is 609 g/mol. The molecule has 0 bridgehead atoms. The maximum absolute atomic E-state index is 15.0. The molecule has 0 aliphatic carbocycles. The Bertz CT molecular complexity index is 1190. The fourth-order valence-electron chi connectivity index (χ4n) is 3.26. The van der Waals surface area contributed by atoms with Crippen LogP contribution in [0.4, 0.5) is 26.3 Å². The van der Waals surface area contributed by atoms with E-state index in [4.69, 9.17) is 46.4 Å². The van der Waals surface area contributed by atoms with Gasteiger partial charge in [0.05, 0.1) is 26.0 Å². The number of nitrogens with one attached hydrogen (secondary N) is 1. The Morgan fingerprint density at radius 3 is 2.03 bits per heavy atom. The van der Waals surface area contributed by atoms with Gasteiger partial charge in [0.15, 0.2) is 5.78 Å². The molecule has 2 rings (SSSR count). The molecular weight excluding hydrogens is 590 g/mol. The van der Waals surface area contributed by atoms with Crippen LogP contribution in [0.15, 0.2) is 36.4 Å². The molecule has 0 aromatic heterocycles. The number of ketones is 1. The lowest BCUT2D eigenvalue weighted by atomic mass is 9.91. The van der Waals surface area contributed by atoms with Gasteiger partial charge in [-0.25, -0.2) is 13.2 Å². The highest BCUT2D eigenvalue weighted by molar-refractivity contribution is 6.48. The maximum Gasteiger partial charge on any atom is 0.405 e. The quantitative estimate of drug-likeness (QED) is 0.175. The Labute approximate surface area is 228 Å². The number of carbonyl (C=O) groups excluding carboxylic acids is 2. The number of hydrogen-bond acceptors (Lipinski definition) is 2. The maximum atomic E-state index is 15.0. The van der Waals surface area contributed by atoms with Gasteiger partial charge < -0.3 is 5.32 Å². The van der Waals surface area contributed by atoms with Crippen LogP contribution in [0.5, 0.6) is 0 Å². The molecule has 202 valence electrons. The predicted octanol–water partition coefficient (Wildman–Crippen LogP) is 8.94. The van der Waals surface area contributed by atoms with Crippen molar-refractivity contribution in [3.8, 4) is 0 Å². The highest BCUT2D eigenvalue weighted by Crippen LogP contribution is 2.41. The first-order valence-electron chi connectivity index (χ1n) is 10.5. The van der Waals surface area contributed by atoms with Crippen molar-refractivity contribution in [1.82, 2.24) is 5.32 Å². The number of benzene rings is 2. The molecule has 0 aliphatic rings. The number of amides is 1. The Morgan fingerprint density at radius 1 is 0.973 bits per heavy atom. The molecule has 0 spiro atoms. The Morgan fingerprint density at radius 2 is 1.54 bits per heavy atom. The van der Waals surface area contributed by atoms with Gasteiger partial charge in [-0.3, -0.25) is 9.59 Å². The van der Waals surface area contributed by atoms with Crippen LogP contribution < -0.4 is 5.32 Å². The zero-order valence-corrected chi connectivity index (χ0v) is 22.2. The minimum Gasteiger partial charge on any atom is -0.347 e. The van der Waals surface area contributed by atoms with Crippen molar-refractivity contribution in [3.63, 3.8) is 0 Å². The summed E-state index contributed by atoms with van der Waals surface area (Å²) in [6.45, 7) is 0.297. The normalized spacial score (nSPS) is 14.3. The van der Waals surface area contributed by atoms with Gasteiger partial charge in [-0.2, -0.15) is 13.2 Å². The summed E-state index contributed by atoms with van der Waals surface area (Å²) < 4.78 is 80.6. The van der Waals surface area contributed by atoms with E-state index in [0.717, 1.165) is 30.3 Å². The van der Waals surface area contributed by atoms with Crippen molar-refractivity contribution in [2.24, 2.45) is 5.92 Å². The van der Waals surface area contributed by atoms with E-state index in [1.165, 1.54) is 6.92 Å². The molecule has 37 heavy (non-hydrogen) atoms. The van der Waals surface area contributed by atoms with Crippen molar-refractivity contribution >= 4 is 63.9 Å². The summed E-state index contributed by atoms with van der Waals surface area (Å²) >= 11 is 23.8.